The summed E-state index contributed by atoms with van der Waals surface area (Å²) in [6.45, 7) is 2.81. The summed E-state index contributed by atoms with van der Waals surface area (Å²) >= 11 is 4.56. The van der Waals surface area contributed by atoms with E-state index in [2.05, 4.69) is 29.5 Å². The van der Waals surface area contributed by atoms with Crippen molar-refractivity contribution in [3.63, 3.8) is 0 Å². The summed E-state index contributed by atoms with van der Waals surface area (Å²) in [5, 5.41) is 2.69. The molecule has 0 aromatic carbocycles. The Labute approximate surface area is 72.0 Å². The van der Waals surface area contributed by atoms with Gasteiger partial charge in [0.15, 0.2) is 11.1 Å². The van der Waals surface area contributed by atoms with Crippen molar-refractivity contribution in [3.05, 3.63) is 0 Å². The normalized spacial score (nSPS) is 11.2. The Kier molecular flexibility index (Phi) is 5.46. The molecule has 0 radical (unpaired) electrons. The molecule has 0 bridgehead atoms. The number of nitrogens with zero attached hydrogens (tertiary/aromatic N) is 1. The van der Waals surface area contributed by atoms with E-state index in [1.165, 1.54) is 0 Å². The van der Waals surface area contributed by atoms with Crippen LogP contribution in [-0.4, -0.2) is 17.6 Å². The quantitative estimate of drug-likeness (QED) is 0.242. The lowest BCUT2D eigenvalue weighted by atomic mass is 10.3. The lowest BCUT2D eigenvalue weighted by Crippen LogP contribution is -2.40. The molecule has 0 aliphatic rings. The second-order valence-electron chi connectivity index (χ2n) is 2.11. The number of nitrogens with two attached hydrogens (primary N) is 2. The minimum absolute atomic E-state index is 0.155. The molecule has 0 spiro atoms. The molecular weight excluding hydrogens is 160 g/mol. The Hall–Kier alpha value is -0.840. The molecule has 0 fully saturated rings. The first-order valence-electron chi connectivity index (χ1n) is 3.53. The third-order valence-corrected chi connectivity index (χ3v) is 1.15. The average Bonchev–Trinajstić information content (AvgIpc) is 1.86. The van der Waals surface area contributed by atoms with Crippen molar-refractivity contribution in [2.24, 2.45) is 16.5 Å². The Morgan fingerprint density at radius 3 is 2.64 bits per heavy atom. The summed E-state index contributed by atoms with van der Waals surface area (Å²) < 4.78 is 0. The minimum Gasteiger partial charge on any atom is -0.376 e. The van der Waals surface area contributed by atoms with E-state index in [1.807, 2.05) is 0 Å². The molecule has 5 heteroatoms. The molecule has 0 atom stereocenters. The molecule has 0 saturated carbocycles. The van der Waals surface area contributed by atoms with Gasteiger partial charge in [0.25, 0.3) is 0 Å². The summed E-state index contributed by atoms with van der Waals surface area (Å²) in [5.41, 5.74) is 10.5. The maximum absolute atomic E-state index is 5.39. The van der Waals surface area contributed by atoms with Crippen molar-refractivity contribution >= 4 is 23.3 Å². The van der Waals surface area contributed by atoms with Crippen LogP contribution in [0.4, 0.5) is 0 Å². The summed E-state index contributed by atoms with van der Waals surface area (Å²) in [6, 6.07) is 0. The van der Waals surface area contributed by atoms with E-state index < -0.39 is 0 Å². The van der Waals surface area contributed by atoms with Crippen LogP contribution in [0.3, 0.4) is 0 Å². The zero-order valence-electron chi connectivity index (χ0n) is 6.63. The zero-order valence-corrected chi connectivity index (χ0v) is 7.45. The van der Waals surface area contributed by atoms with E-state index >= 15 is 0 Å². The van der Waals surface area contributed by atoms with Gasteiger partial charge in [0, 0.05) is 6.54 Å². The summed E-state index contributed by atoms with van der Waals surface area (Å²) in [4.78, 5) is 3.97. The number of rotatable bonds is 3. The third kappa shape index (κ3) is 7.05. The molecule has 0 aliphatic heterocycles. The fraction of sp³-hybridized carbons (Fsp3) is 0.667. The predicted octanol–water partition coefficient (Wildman–Crippen LogP) is -0.0656. The fourth-order valence-corrected chi connectivity index (χ4v) is 0.628. The van der Waals surface area contributed by atoms with Crippen molar-refractivity contribution in [1.82, 2.24) is 5.32 Å². The van der Waals surface area contributed by atoms with Gasteiger partial charge in [-0.25, -0.2) is 0 Å². The van der Waals surface area contributed by atoms with Crippen LogP contribution in [-0.2, 0) is 0 Å². The maximum Gasteiger partial charge on any atom is 0.194 e. The first-order chi connectivity index (χ1) is 5.16. The van der Waals surface area contributed by atoms with Crippen molar-refractivity contribution in [1.29, 1.82) is 0 Å². The molecule has 5 N–H and O–H groups in total. The van der Waals surface area contributed by atoms with Crippen LogP contribution >= 0.6 is 12.2 Å². The van der Waals surface area contributed by atoms with Gasteiger partial charge in [0.2, 0.25) is 0 Å². The number of nitrogens with one attached hydrogen (secondary N) is 1. The molecule has 0 aliphatic carbocycles. The lowest BCUT2D eigenvalue weighted by Gasteiger charge is -2.00. The molecule has 0 amide bonds. The number of hydrogen-bond donors (Lipinski definition) is 3. The van der Waals surface area contributed by atoms with Gasteiger partial charge in [-0.3, -0.25) is 4.99 Å². The summed E-state index contributed by atoms with van der Waals surface area (Å²) in [7, 11) is 0. The predicted molar refractivity (Wildman–Crippen MR) is 51.3 cm³/mol. The van der Waals surface area contributed by atoms with Crippen LogP contribution in [0.15, 0.2) is 4.99 Å². The Balaban J connectivity index is 3.54. The highest BCUT2D eigenvalue weighted by atomic mass is 32.1. The van der Waals surface area contributed by atoms with E-state index in [4.69, 9.17) is 11.5 Å². The number of guanidine groups is 1. The van der Waals surface area contributed by atoms with Gasteiger partial charge in [-0.15, -0.1) is 0 Å². The number of hydrogen-bond acceptors (Lipinski definition) is 2. The molecule has 0 unspecified atom stereocenters. The van der Waals surface area contributed by atoms with Crippen molar-refractivity contribution in [2.45, 2.75) is 19.8 Å². The summed E-state index contributed by atoms with van der Waals surface area (Å²) in [6.07, 6.45) is 2.13. The molecule has 0 aromatic heterocycles. The van der Waals surface area contributed by atoms with Crippen LogP contribution in [0, 0.1) is 0 Å². The van der Waals surface area contributed by atoms with Gasteiger partial charge >= 0.3 is 0 Å². The third-order valence-electron chi connectivity index (χ3n) is 1.05. The van der Waals surface area contributed by atoms with Gasteiger partial charge < -0.3 is 16.8 Å². The molecule has 4 nitrogen and oxygen atoms in total. The highest BCUT2D eigenvalue weighted by Crippen LogP contribution is 1.85. The zero-order chi connectivity index (χ0) is 8.69. The highest BCUT2D eigenvalue weighted by molar-refractivity contribution is 7.80. The Morgan fingerprint density at radius 1 is 1.55 bits per heavy atom. The molecule has 64 valence electrons. The van der Waals surface area contributed by atoms with Gasteiger partial charge in [-0.1, -0.05) is 13.3 Å². The van der Waals surface area contributed by atoms with Crippen LogP contribution in [0.25, 0.3) is 0 Å². The second kappa shape index (κ2) is 5.91. The van der Waals surface area contributed by atoms with Crippen molar-refractivity contribution < 1.29 is 0 Å². The topological polar surface area (TPSA) is 76.4 Å². The number of aliphatic imine (C=N–C) groups is 1. The smallest absolute Gasteiger partial charge is 0.194 e. The standard InChI is InChI=1S/C6H14N4S/c1-2-3-4-9-5(7)10-6(8)11/h2-4H2,1H3,(H5,7,8,9,10,11). The Morgan fingerprint density at radius 2 is 2.18 bits per heavy atom. The monoisotopic (exact) mass is 174 g/mol. The molecular formula is C6H14N4S. The van der Waals surface area contributed by atoms with Crippen LogP contribution in [0.2, 0.25) is 0 Å². The number of unbranched alkanes of at least 4 members (excludes halogenated alkanes) is 1. The largest absolute Gasteiger partial charge is 0.376 e. The summed E-state index contributed by atoms with van der Waals surface area (Å²) in [5.74, 6) is 0.297. The number of thiocarbonyl (C=S) groups is 1. The Bertz CT molecular complexity index is 155. The maximum atomic E-state index is 5.39. The van der Waals surface area contributed by atoms with Gasteiger partial charge in [-0.2, -0.15) is 0 Å². The van der Waals surface area contributed by atoms with E-state index in [9.17, 15) is 0 Å². The van der Waals surface area contributed by atoms with Crippen LogP contribution in [0.1, 0.15) is 19.8 Å². The molecule has 0 heterocycles. The fourth-order valence-electron chi connectivity index (χ4n) is 0.523. The van der Waals surface area contributed by atoms with Crippen molar-refractivity contribution in [3.8, 4) is 0 Å². The molecule has 11 heavy (non-hydrogen) atoms. The second-order valence-corrected chi connectivity index (χ2v) is 2.55. The van der Waals surface area contributed by atoms with E-state index in [1.54, 1.807) is 0 Å². The van der Waals surface area contributed by atoms with E-state index in [0.717, 1.165) is 19.4 Å². The van der Waals surface area contributed by atoms with Crippen molar-refractivity contribution in [2.75, 3.05) is 6.54 Å². The first kappa shape index (κ1) is 10.2. The van der Waals surface area contributed by atoms with Gasteiger partial charge in [0.05, 0.1) is 0 Å². The SMILES string of the molecule is CCCCN=C(N)NC(N)=S. The molecule has 0 rings (SSSR count). The van der Waals surface area contributed by atoms with Gasteiger partial charge in [0.1, 0.15) is 0 Å². The van der Waals surface area contributed by atoms with Crippen LogP contribution < -0.4 is 16.8 Å². The average molecular weight is 174 g/mol. The van der Waals surface area contributed by atoms with Gasteiger partial charge in [-0.05, 0) is 18.6 Å². The lowest BCUT2D eigenvalue weighted by molar-refractivity contribution is 0.804. The van der Waals surface area contributed by atoms with E-state index in [0.29, 0.717) is 5.96 Å². The highest BCUT2D eigenvalue weighted by Gasteiger charge is 1.90. The minimum atomic E-state index is 0.155. The molecule has 0 aromatic rings. The molecule has 0 saturated heterocycles. The van der Waals surface area contributed by atoms with Crippen LogP contribution in [0.5, 0.6) is 0 Å². The first-order valence-corrected chi connectivity index (χ1v) is 3.94. The van der Waals surface area contributed by atoms with E-state index in [-0.39, 0.29) is 5.11 Å².